The predicted molar refractivity (Wildman–Crippen MR) is 122 cm³/mol. The van der Waals surface area contributed by atoms with Crippen LogP contribution in [0.4, 0.5) is 5.69 Å². The Bertz CT molecular complexity index is 1500. The first-order valence-electron chi connectivity index (χ1n) is 10.1. The number of anilines is 1. The molecule has 2 heterocycles. The molecule has 0 fully saturated rings. The minimum atomic E-state index is -0.309. The van der Waals surface area contributed by atoms with Crippen LogP contribution in [0.3, 0.4) is 0 Å². The summed E-state index contributed by atoms with van der Waals surface area (Å²) < 4.78 is 0. The number of nitrogens with zero attached hydrogens (tertiary/aromatic N) is 2. The van der Waals surface area contributed by atoms with Gasteiger partial charge in [-0.05, 0) is 52.6 Å². The summed E-state index contributed by atoms with van der Waals surface area (Å²) in [5.74, 6) is -0.617. The van der Waals surface area contributed by atoms with E-state index in [1.807, 2.05) is 78.9 Å². The van der Waals surface area contributed by atoms with Crippen LogP contribution in [0.25, 0.3) is 32.8 Å². The van der Waals surface area contributed by atoms with E-state index in [9.17, 15) is 9.59 Å². The summed E-state index contributed by atoms with van der Waals surface area (Å²) >= 11 is 0. The van der Waals surface area contributed by atoms with E-state index in [4.69, 9.17) is 0 Å². The van der Waals surface area contributed by atoms with Crippen LogP contribution in [0.15, 0.2) is 97.2 Å². The van der Waals surface area contributed by atoms with Crippen LogP contribution in [0, 0.1) is 0 Å². The molecular formula is C27H16N2O2. The molecule has 0 N–H and O–H groups in total. The maximum Gasteiger partial charge on any atom is 0.265 e. The van der Waals surface area contributed by atoms with Crippen molar-refractivity contribution in [2.24, 2.45) is 0 Å². The second-order valence-electron chi connectivity index (χ2n) is 7.58. The Morgan fingerprint density at radius 3 is 2.16 bits per heavy atom. The number of rotatable bonds is 2. The third-order valence-corrected chi connectivity index (χ3v) is 5.84. The third-order valence-electron chi connectivity index (χ3n) is 5.84. The normalized spacial score (nSPS) is 13.2. The van der Waals surface area contributed by atoms with E-state index in [2.05, 4.69) is 4.98 Å². The SMILES string of the molecule is O=C1c2cccc3c(-c4ccccn4)ccc(c23)C(=O)N1c1ccc2ccccc2c1. The van der Waals surface area contributed by atoms with E-state index in [-0.39, 0.29) is 11.8 Å². The molecule has 4 heteroatoms. The quantitative estimate of drug-likeness (QED) is 0.349. The van der Waals surface area contributed by atoms with Gasteiger partial charge in [0.1, 0.15) is 0 Å². The van der Waals surface area contributed by atoms with Gasteiger partial charge in [-0.15, -0.1) is 0 Å². The Hall–Kier alpha value is -4.31. The lowest BCUT2D eigenvalue weighted by atomic mass is 9.90. The van der Waals surface area contributed by atoms with Gasteiger partial charge >= 0.3 is 0 Å². The molecule has 5 aromatic rings. The van der Waals surface area contributed by atoms with Gasteiger partial charge < -0.3 is 0 Å². The van der Waals surface area contributed by atoms with Crippen molar-refractivity contribution in [2.75, 3.05) is 4.90 Å². The van der Waals surface area contributed by atoms with Crippen LogP contribution in [-0.2, 0) is 0 Å². The molecule has 2 amide bonds. The van der Waals surface area contributed by atoms with Gasteiger partial charge in [0.05, 0.1) is 11.4 Å². The lowest BCUT2D eigenvalue weighted by molar-refractivity contribution is 0.0893. The summed E-state index contributed by atoms with van der Waals surface area (Å²) in [5.41, 5.74) is 3.34. The van der Waals surface area contributed by atoms with Crippen molar-refractivity contribution in [3.05, 3.63) is 108 Å². The molecule has 1 aliphatic heterocycles. The summed E-state index contributed by atoms with van der Waals surface area (Å²) in [6.45, 7) is 0. The second-order valence-corrected chi connectivity index (χ2v) is 7.58. The fourth-order valence-corrected chi connectivity index (χ4v) is 4.39. The number of pyridine rings is 1. The number of imide groups is 1. The standard InChI is InChI=1S/C27H16N2O2/c30-26-22-9-5-8-21-20(24-10-3-4-15-28-24)13-14-23(25(21)22)27(31)29(26)19-12-11-17-6-1-2-7-18(17)16-19/h1-16H. The summed E-state index contributed by atoms with van der Waals surface area (Å²) in [7, 11) is 0. The van der Waals surface area contributed by atoms with Gasteiger partial charge in [-0.2, -0.15) is 0 Å². The maximum atomic E-state index is 13.5. The first-order valence-corrected chi connectivity index (χ1v) is 10.1. The molecule has 0 saturated heterocycles. The number of amides is 2. The molecule has 0 radical (unpaired) electrons. The van der Waals surface area contributed by atoms with Crippen molar-refractivity contribution in [1.82, 2.24) is 4.98 Å². The number of hydrogen-bond donors (Lipinski definition) is 0. The third kappa shape index (κ3) is 2.58. The lowest BCUT2D eigenvalue weighted by Gasteiger charge is -2.28. The van der Waals surface area contributed by atoms with E-state index in [0.29, 0.717) is 22.2 Å². The van der Waals surface area contributed by atoms with Crippen molar-refractivity contribution >= 4 is 39.0 Å². The van der Waals surface area contributed by atoms with Gasteiger partial charge in [-0.3, -0.25) is 14.6 Å². The molecule has 0 aliphatic carbocycles. The zero-order chi connectivity index (χ0) is 20.9. The van der Waals surface area contributed by atoms with Crippen LogP contribution >= 0.6 is 0 Å². The van der Waals surface area contributed by atoms with E-state index >= 15 is 0 Å². The molecule has 0 unspecified atom stereocenters. The van der Waals surface area contributed by atoms with E-state index in [1.165, 1.54) is 4.90 Å². The van der Waals surface area contributed by atoms with Crippen LogP contribution < -0.4 is 4.90 Å². The van der Waals surface area contributed by atoms with Gasteiger partial charge in [0, 0.05) is 28.3 Å². The molecule has 4 nitrogen and oxygen atoms in total. The van der Waals surface area contributed by atoms with Crippen LogP contribution in [0.5, 0.6) is 0 Å². The molecule has 6 rings (SSSR count). The summed E-state index contributed by atoms with van der Waals surface area (Å²) in [4.78, 5) is 32.7. The van der Waals surface area contributed by atoms with Gasteiger partial charge in [0.2, 0.25) is 0 Å². The van der Waals surface area contributed by atoms with E-state index in [0.717, 1.165) is 27.4 Å². The smallest absolute Gasteiger partial charge is 0.265 e. The number of hydrogen-bond acceptors (Lipinski definition) is 3. The van der Waals surface area contributed by atoms with Gasteiger partial charge in [-0.1, -0.05) is 54.6 Å². The Morgan fingerprint density at radius 2 is 1.35 bits per heavy atom. The number of carbonyl (C=O) groups is 2. The van der Waals surface area contributed by atoms with Gasteiger partial charge in [0.15, 0.2) is 0 Å². The highest BCUT2D eigenvalue weighted by molar-refractivity contribution is 6.36. The molecule has 0 spiro atoms. The highest BCUT2D eigenvalue weighted by Gasteiger charge is 2.34. The van der Waals surface area contributed by atoms with E-state index < -0.39 is 0 Å². The zero-order valence-electron chi connectivity index (χ0n) is 16.4. The second kappa shape index (κ2) is 6.61. The zero-order valence-corrected chi connectivity index (χ0v) is 16.4. The molecule has 0 saturated carbocycles. The Labute approximate surface area is 178 Å². The molecule has 31 heavy (non-hydrogen) atoms. The predicted octanol–water partition coefficient (Wildman–Crippen LogP) is 5.86. The van der Waals surface area contributed by atoms with Crippen LogP contribution in [-0.4, -0.2) is 16.8 Å². The fourth-order valence-electron chi connectivity index (χ4n) is 4.39. The molecule has 4 aromatic carbocycles. The molecular weight excluding hydrogens is 384 g/mol. The first kappa shape index (κ1) is 17.5. The molecule has 1 aromatic heterocycles. The fraction of sp³-hybridized carbons (Fsp3) is 0. The minimum absolute atomic E-state index is 0.309. The number of aromatic nitrogens is 1. The Kier molecular flexibility index (Phi) is 3.74. The average molecular weight is 400 g/mol. The largest absolute Gasteiger partial charge is 0.268 e. The lowest BCUT2D eigenvalue weighted by Crippen LogP contribution is -2.40. The Balaban J connectivity index is 1.56. The highest BCUT2D eigenvalue weighted by Crippen LogP contribution is 2.37. The van der Waals surface area contributed by atoms with Crippen molar-refractivity contribution in [3.8, 4) is 11.3 Å². The number of benzene rings is 4. The van der Waals surface area contributed by atoms with E-state index in [1.54, 1.807) is 18.3 Å². The van der Waals surface area contributed by atoms with Crippen molar-refractivity contribution < 1.29 is 9.59 Å². The van der Waals surface area contributed by atoms with Crippen LogP contribution in [0.2, 0.25) is 0 Å². The first-order chi connectivity index (χ1) is 15.2. The maximum absolute atomic E-state index is 13.5. The molecule has 146 valence electrons. The Morgan fingerprint density at radius 1 is 0.613 bits per heavy atom. The summed E-state index contributed by atoms with van der Waals surface area (Å²) in [6.07, 6.45) is 1.74. The average Bonchev–Trinajstić information content (AvgIpc) is 2.83. The van der Waals surface area contributed by atoms with Crippen molar-refractivity contribution in [1.29, 1.82) is 0 Å². The monoisotopic (exact) mass is 400 g/mol. The molecule has 0 atom stereocenters. The minimum Gasteiger partial charge on any atom is -0.268 e. The number of carbonyl (C=O) groups excluding carboxylic acids is 2. The van der Waals surface area contributed by atoms with Gasteiger partial charge in [-0.25, -0.2) is 4.90 Å². The van der Waals surface area contributed by atoms with Crippen LogP contribution in [0.1, 0.15) is 20.7 Å². The van der Waals surface area contributed by atoms with Crippen molar-refractivity contribution in [3.63, 3.8) is 0 Å². The highest BCUT2D eigenvalue weighted by atomic mass is 16.2. The molecule has 0 bridgehead atoms. The van der Waals surface area contributed by atoms with Crippen molar-refractivity contribution in [2.45, 2.75) is 0 Å². The summed E-state index contributed by atoms with van der Waals surface area (Å²) in [6, 6.07) is 28.6. The molecule has 1 aliphatic rings. The summed E-state index contributed by atoms with van der Waals surface area (Å²) in [5, 5.41) is 3.59. The topological polar surface area (TPSA) is 50.3 Å². The number of fused-ring (bicyclic) bond motifs is 1. The van der Waals surface area contributed by atoms with Gasteiger partial charge in [0.25, 0.3) is 11.8 Å².